The quantitative estimate of drug-likeness (QED) is 0.255. The van der Waals surface area contributed by atoms with Crippen LogP contribution in [0.25, 0.3) is 17.1 Å². The molecule has 206 valence electrons. The molecule has 8 nitrogen and oxygen atoms in total. The lowest BCUT2D eigenvalue weighted by atomic mass is 10.1. The molecule has 2 amide bonds. The predicted octanol–water partition coefficient (Wildman–Crippen LogP) is 5.48. The van der Waals surface area contributed by atoms with Gasteiger partial charge in [0.05, 0.1) is 12.9 Å². The number of aryl methyl sites for hydroxylation is 1. The molecule has 1 unspecified atom stereocenters. The Morgan fingerprint density at radius 2 is 1.68 bits per heavy atom. The molecule has 1 atom stereocenters. The van der Waals surface area contributed by atoms with Gasteiger partial charge in [-0.25, -0.2) is 0 Å². The Morgan fingerprint density at radius 1 is 0.975 bits per heavy atom. The average molecular weight is 621 g/mol. The second kappa shape index (κ2) is 12.3. The maximum absolute atomic E-state index is 13.3. The molecule has 10 heteroatoms. The van der Waals surface area contributed by atoms with Crippen molar-refractivity contribution in [1.29, 1.82) is 0 Å². The standard InChI is InChI=1S/C30H30BrN5O3S/c1-20-4-6-22(7-5-20)28-32-33-30(36(28)25-12-14-26(39-3)15-13-25)40-19-27(37)34-16-17-35(21(2)18-34)29(38)23-8-10-24(31)11-9-23/h4-15,21H,16-19H2,1-3H3. The molecule has 1 aromatic heterocycles. The number of amides is 2. The van der Waals surface area contributed by atoms with Gasteiger partial charge in [0.1, 0.15) is 5.75 Å². The topological polar surface area (TPSA) is 80.6 Å². The van der Waals surface area contributed by atoms with E-state index in [-0.39, 0.29) is 23.6 Å². The van der Waals surface area contributed by atoms with E-state index in [0.29, 0.717) is 36.2 Å². The van der Waals surface area contributed by atoms with Crippen molar-refractivity contribution in [2.24, 2.45) is 0 Å². The van der Waals surface area contributed by atoms with Crippen LogP contribution in [0.2, 0.25) is 0 Å². The zero-order valence-corrected chi connectivity index (χ0v) is 25.0. The Balaban J connectivity index is 1.29. The van der Waals surface area contributed by atoms with Gasteiger partial charge in [-0.2, -0.15) is 0 Å². The molecule has 1 aliphatic rings. The van der Waals surface area contributed by atoms with E-state index in [4.69, 9.17) is 4.74 Å². The number of carbonyl (C=O) groups is 2. The van der Waals surface area contributed by atoms with Crippen LogP contribution >= 0.6 is 27.7 Å². The van der Waals surface area contributed by atoms with Crippen molar-refractivity contribution in [2.45, 2.75) is 25.0 Å². The first kappa shape index (κ1) is 27.9. The van der Waals surface area contributed by atoms with Gasteiger partial charge in [-0.15, -0.1) is 10.2 Å². The van der Waals surface area contributed by atoms with Gasteiger partial charge in [0.25, 0.3) is 5.91 Å². The maximum Gasteiger partial charge on any atom is 0.254 e. The summed E-state index contributed by atoms with van der Waals surface area (Å²) in [7, 11) is 1.63. The molecule has 1 aliphatic heterocycles. The smallest absolute Gasteiger partial charge is 0.254 e. The lowest BCUT2D eigenvalue weighted by molar-refractivity contribution is -0.130. The third kappa shape index (κ3) is 6.08. The second-order valence-electron chi connectivity index (χ2n) is 9.69. The summed E-state index contributed by atoms with van der Waals surface area (Å²) in [6.07, 6.45) is 0. The van der Waals surface area contributed by atoms with Crippen LogP contribution in [0.1, 0.15) is 22.8 Å². The summed E-state index contributed by atoms with van der Waals surface area (Å²) in [5.41, 5.74) is 3.62. The zero-order valence-electron chi connectivity index (χ0n) is 22.6. The fraction of sp³-hybridized carbons (Fsp3) is 0.267. The van der Waals surface area contributed by atoms with Crippen LogP contribution < -0.4 is 4.74 Å². The normalized spacial score (nSPS) is 15.2. The number of benzene rings is 3. The molecule has 40 heavy (non-hydrogen) atoms. The van der Waals surface area contributed by atoms with Gasteiger partial charge in [0.2, 0.25) is 5.91 Å². The molecule has 5 rings (SSSR count). The summed E-state index contributed by atoms with van der Waals surface area (Å²) in [5, 5.41) is 9.58. The van der Waals surface area contributed by atoms with Gasteiger partial charge < -0.3 is 14.5 Å². The molecular formula is C30H30BrN5O3S. The van der Waals surface area contributed by atoms with E-state index >= 15 is 0 Å². The number of hydrogen-bond acceptors (Lipinski definition) is 6. The third-order valence-electron chi connectivity index (χ3n) is 6.93. The fourth-order valence-electron chi connectivity index (χ4n) is 4.68. The van der Waals surface area contributed by atoms with E-state index < -0.39 is 0 Å². The van der Waals surface area contributed by atoms with Gasteiger partial charge in [0.15, 0.2) is 11.0 Å². The van der Waals surface area contributed by atoms with Gasteiger partial charge in [0, 0.05) is 47.0 Å². The van der Waals surface area contributed by atoms with Crippen molar-refractivity contribution in [3.8, 4) is 22.8 Å². The molecule has 1 fully saturated rings. The second-order valence-corrected chi connectivity index (χ2v) is 11.5. The first-order chi connectivity index (χ1) is 19.3. The molecule has 0 N–H and O–H groups in total. The van der Waals surface area contributed by atoms with Gasteiger partial charge in [-0.1, -0.05) is 57.5 Å². The summed E-state index contributed by atoms with van der Waals surface area (Å²) in [6.45, 7) is 5.50. The molecule has 0 bridgehead atoms. The highest BCUT2D eigenvalue weighted by molar-refractivity contribution is 9.10. The van der Waals surface area contributed by atoms with E-state index in [2.05, 4.69) is 26.1 Å². The highest BCUT2D eigenvalue weighted by atomic mass is 79.9. The van der Waals surface area contributed by atoms with Crippen LogP contribution in [-0.2, 0) is 4.79 Å². The lowest BCUT2D eigenvalue weighted by Crippen LogP contribution is -2.55. The van der Waals surface area contributed by atoms with E-state index in [0.717, 1.165) is 27.0 Å². The molecule has 3 aromatic carbocycles. The van der Waals surface area contributed by atoms with Crippen LogP contribution in [0.3, 0.4) is 0 Å². The number of hydrogen-bond donors (Lipinski definition) is 0. The monoisotopic (exact) mass is 619 g/mol. The summed E-state index contributed by atoms with van der Waals surface area (Å²) < 4.78 is 8.23. The fourth-order valence-corrected chi connectivity index (χ4v) is 5.80. The van der Waals surface area contributed by atoms with Crippen molar-refractivity contribution in [3.63, 3.8) is 0 Å². The van der Waals surface area contributed by atoms with Gasteiger partial charge in [-0.05, 0) is 62.4 Å². The predicted molar refractivity (Wildman–Crippen MR) is 160 cm³/mol. The number of aromatic nitrogens is 3. The number of methoxy groups -OCH3 is 1. The van der Waals surface area contributed by atoms with Crippen molar-refractivity contribution < 1.29 is 14.3 Å². The van der Waals surface area contributed by atoms with Crippen molar-refractivity contribution >= 4 is 39.5 Å². The Kier molecular flexibility index (Phi) is 8.56. The number of halogens is 1. The lowest BCUT2D eigenvalue weighted by Gasteiger charge is -2.40. The SMILES string of the molecule is COc1ccc(-n2c(SCC(=O)N3CCN(C(=O)c4ccc(Br)cc4)C(C)C3)nnc2-c2ccc(C)cc2)cc1. The Hall–Kier alpha value is -3.63. The number of rotatable bonds is 7. The summed E-state index contributed by atoms with van der Waals surface area (Å²) >= 11 is 4.77. The molecule has 4 aromatic rings. The Bertz CT molecular complexity index is 1490. The molecule has 1 saturated heterocycles. The van der Waals surface area contributed by atoms with Gasteiger partial charge in [-0.3, -0.25) is 14.2 Å². The molecule has 0 aliphatic carbocycles. The number of thioether (sulfide) groups is 1. The first-order valence-corrected chi connectivity index (χ1v) is 14.8. The number of piperazine rings is 1. The van der Waals surface area contributed by atoms with E-state index in [9.17, 15) is 9.59 Å². The molecule has 0 saturated carbocycles. The number of nitrogens with zero attached hydrogens (tertiary/aromatic N) is 5. The Morgan fingerprint density at radius 3 is 2.33 bits per heavy atom. The van der Waals surface area contributed by atoms with Crippen LogP contribution in [0.5, 0.6) is 5.75 Å². The molecular weight excluding hydrogens is 590 g/mol. The van der Waals surface area contributed by atoms with Crippen molar-refractivity contribution in [2.75, 3.05) is 32.5 Å². The van der Waals surface area contributed by atoms with E-state index in [1.54, 1.807) is 7.11 Å². The third-order valence-corrected chi connectivity index (χ3v) is 8.37. The zero-order chi connectivity index (χ0) is 28.2. The molecule has 0 spiro atoms. The molecule has 2 heterocycles. The van der Waals surface area contributed by atoms with Crippen LogP contribution in [-0.4, -0.2) is 74.9 Å². The minimum absolute atomic E-state index is 0.00811. The maximum atomic E-state index is 13.3. The minimum Gasteiger partial charge on any atom is -0.497 e. The largest absolute Gasteiger partial charge is 0.497 e. The minimum atomic E-state index is -0.0880. The van der Waals surface area contributed by atoms with Crippen molar-refractivity contribution in [3.05, 3.63) is 88.4 Å². The van der Waals surface area contributed by atoms with E-state index in [1.165, 1.54) is 11.8 Å². The van der Waals surface area contributed by atoms with Crippen LogP contribution in [0.4, 0.5) is 0 Å². The molecule has 0 radical (unpaired) electrons. The summed E-state index contributed by atoms with van der Waals surface area (Å²) in [5.74, 6) is 1.67. The van der Waals surface area contributed by atoms with E-state index in [1.807, 2.05) is 101 Å². The number of carbonyl (C=O) groups excluding carboxylic acids is 2. The summed E-state index contributed by atoms with van der Waals surface area (Å²) in [6, 6.07) is 23.1. The van der Waals surface area contributed by atoms with Crippen LogP contribution in [0, 0.1) is 6.92 Å². The highest BCUT2D eigenvalue weighted by Crippen LogP contribution is 2.29. The van der Waals surface area contributed by atoms with Crippen LogP contribution in [0.15, 0.2) is 82.4 Å². The first-order valence-electron chi connectivity index (χ1n) is 13.0. The summed E-state index contributed by atoms with van der Waals surface area (Å²) in [4.78, 5) is 30.0. The average Bonchev–Trinajstić information content (AvgIpc) is 3.40. The number of ether oxygens (including phenoxy) is 1. The van der Waals surface area contributed by atoms with Crippen molar-refractivity contribution in [1.82, 2.24) is 24.6 Å². The Labute approximate surface area is 246 Å². The van der Waals surface area contributed by atoms with Gasteiger partial charge >= 0.3 is 0 Å². The highest BCUT2D eigenvalue weighted by Gasteiger charge is 2.30.